The summed E-state index contributed by atoms with van der Waals surface area (Å²) in [5.41, 5.74) is 5.29. The molecule has 0 saturated carbocycles. The molecular weight excluding hydrogens is 266 g/mol. The average molecular weight is 287 g/mol. The monoisotopic (exact) mass is 287 g/mol. The summed E-state index contributed by atoms with van der Waals surface area (Å²) in [5, 5.41) is 0. The maximum atomic E-state index is 12.2. The zero-order valence-electron chi connectivity index (χ0n) is 11.5. The van der Waals surface area contributed by atoms with E-state index in [-0.39, 0.29) is 18.0 Å². The number of hydrogen-bond acceptors (Lipinski definition) is 5. The van der Waals surface area contributed by atoms with Crippen molar-refractivity contribution < 1.29 is 13.2 Å². The van der Waals surface area contributed by atoms with E-state index in [2.05, 4.69) is 9.71 Å². The second-order valence-electron chi connectivity index (χ2n) is 4.67. The highest BCUT2D eigenvalue weighted by Crippen LogP contribution is 2.14. The third-order valence-corrected chi connectivity index (χ3v) is 4.03. The van der Waals surface area contributed by atoms with Crippen molar-refractivity contribution in [2.75, 3.05) is 13.2 Å². The molecule has 0 aliphatic rings. The van der Waals surface area contributed by atoms with Crippen molar-refractivity contribution in [2.45, 2.75) is 37.8 Å². The van der Waals surface area contributed by atoms with Crippen molar-refractivity contribution in [1.29, 1.82) is 0 Å². The first-order valence-electron chi connectivity index (χ1n) is 6.10. The van der Waals surface area contributed by atoms with Gasteiger partial charge < -0.3 is 10.5 Å². The molecule has 0 fully saturated rings. The molecule has 1 aromatic heterocycles. The smallest absolute Gasteiger partial charge is 0.242 e. The maximum Gasteiger partial charge on any atom is 0.242 e. The quantitative estimate of drug-likeness (QED) is 0.767. The zero-order chi connectivity index (χ0) is 14.5. The van der Waals surface area contributed by atoms with Crippen LogP contribution in [0.1, 0.15) is 26.5 Å². The first kappa shape index (κ1) is 16.0. The number of nitrogens with one attached hydrogen (secondary N) is 1. The van der Waals surface area contributed by atoms with Gasteiger partial charge >= 0.3 is 0 Å². The summed E-state index contributed by atoms with van der Waals surface area (Å²) < 4.78 is 32.4. The van der Waals surface area contributed by atoms with E-state index in [1.807, 2.05) is 20.8 Å². The molecule has 1 rings (SSSR count). The minimum Gasteiger partial charge on any atom is -0.375 e. The van der Waals surface area contributed by atoms with E-state index >= 15 is 0 Å². The van der Waals surface area contributed by atoms with Gasteiger partial charge in [-0.2, -0.15) is 0 Å². The molecule has 0 aliphatic heterocycles. The Balaban J connectivity index is 2.87. The number of sulfonamides is 1. The van der Waals surface area contributed by atoms with E-state index in [0.717, 1.165) is 0 Å². The van der Waals surface area contributed by atoms with Crippen LogP contribution >= 0.6 is 0 Å². The van der Waals surface area contributed by atoms with Gasteiger partial charge in [-0.1, -0.05) is 0 Å². The molecule has 0 radical (unpaired) electrons. The van der Waals surface area contributed by atoms with E-state index < -0.39 is 15.6 Å². The van der Waals surface area contributed by atoms with Gasteiger partial charge in [-0.15, -0.1) is 0 Å². The Bertz CT molecular complexity index is 515. The predicted molar refractivity (Wildman–Crippen MR) is 73.0 cm³/mol. The summed E-state index contributed by atoms with van der Waals surface area (Å²) in [5.74, 6) is 0. The molecule has 0 amide bonds. The summed E-state index contributed by atoms with van der Waals surface area (Å²) in [6.45, 7) is 6.30. The molecule has 108 valence electrons. The summed E-state index contributed by atoms with van der Waals surface area (Å²) in [6, 6.07) is 3.06. The number of pyridine rings is 1. The Labute approximate surface area is 114 Å². The van der Waals surface area contributed by atoms with Crippen LogP contribution < -0.4 is 10.5 Å². The Morgan fingerprint density at radius 3 is 2.74 bits per heavy atom. The largest absolute Gasteiger partial charge is 0.375 e. The molecule has 6 nitrogen and oxygen atoms in total. The van der Waals surface area contributed by atoms with Gasteiger partial charge in [0.25, 0.3) is 0 Å². The van der Waals surface area contributed by atoms with E-state index in [4.69, 9.17) is 10.5 Å². The highest BCUT2D eigenvalue weighted by Gasteiger charge is 2.24. The lowest BCUT2D eigenvalue weighted by molar-refractivity contribution is -0.00515. The SMILES string of the molecule is CCOC(C)(C)CNS(=O)(=O)c1cccnc1CN. The molecule has 0 atom stereocenters. The highest BCUT2D eigenvalue weighted by molar-refractivity contribution is 7.89. The van der Waals surface area contributed by atoms with Crippen LogP contribution in [0, 0.1) is 0 Å². The lowest BCUT2D eigenvalue weighted by Gasteiger charge is -2.25. The summed E-state index contributed by atoms with van der Waals surface area (Å²) in [7, 11) is -3.63. The zero-order valence-corrected chi connectivity index (χ0v) is 12.3. The average Bonchev–Trinajstić information content (AvgIpc) is 2.37. The van der Waals surface area contributed by atoms with Gasteiger partial charge in [-0.3, -0.25) is 4.98 Å². The first-order chi connectivity index (χ1) is 8.82. The lowest BCUT2D eigenvalue weighted by atomic mass is 10.1. The van der Waals surface area contributed by atoms with Crippen LogP contribution in [0.25, 0.3) is 0 Å². The maximum absolute atomic E-state index is 12.2. The van der Waals surface area contributed by atoms with Gasteiger partial charge in [0.05, 0.1) is 11.3 Å². The van der Waals surface area contributed by atoms with Crippen LogP contribution in [-0.4, -0.2) is 32.2 Å². The van der Waals surface area contributed by atoms with Crippen molar-refractivity contribution in [3.63, 3.8) is 0 Å². The second kappa shape index (κ2) is 6.42. The Morgan fingerprint density at radius 1 is 1.47 bits per heavy atom. The van der Waals surface area contributed by atoms with E-state index in [9.17, 15) is 8.42 Å². The van der Waals surface area contributed by atoms with Crippen molar-refractivity contribution in [2.24, 2.45) is 5.73 Å². The van der Waals surface area contributed by atoms with Gasteiger partial charge in [-0.25, -0.2) is 13.1 Å². The fraction of sp³-hybridized carbons (Fsp3) is 0.583. The second-order valence-corrected chi connectivity index (χ2v) is 6.40. The third-order valence-electron chi connectivity index (χ3n) is 2.55. The van der Waals surface area contributed by atoms with Gasteiger partial charge in [0, 0.05) is 25.9 Å². The van der Waals surface area contributed by atoms with Crippen molar-refractivity contribution in [3.8, 4) is 0 Å². The minimum absolute atomic E-state index is 0.0753. The van der Waals surface area contributed by atoms with Crippen LogP contribution in [0.5, 0.6) is 0 Å². The van der Waals surface area contributed by atoms with Gasteiger partial charge in [0.1, 0.15) is 4.90 Å². The summed E-state index contributed by atoms with van der Waals surface area (Å²) in [4.78, 5) is 4.08. The summed E-state index contributed by atoms with van der Waals surface area (Å²) >= 11 is 0. The third kappa shape index (κ3) is 4.54. The normalized spacial score (nSPS) is 12.6. The van der Waals surface area contributed by atoms with Crippen LogP contribution in [0.4, 0.5) is 0 Å². The Kier molecular flexibility index (Phi) is 5.42. The molecule has 0 unspecified atom stereocenters. The molecule has 1 aromatic rings. The Morgan fingerprint density at radius 2 is 2.16 bits per heavy atom. The van der Waals surface area contributed by atoms with Crippen molar-refractivity contribution in [1.82, 2.24) is 9.71 Å². The van der Waals surface area contributed by atoms with Crippen molar-refractivity contribution >= 4 is 10.0 Å². The molecule has 0 aromatic carbocycles. The first-order valence-corrected chi connectivity index (χ1v) is 7.58. The molecule has 0 aliphatic carbocycles. The highest BCUT2D eigenvalue weighted by atomic mass is 32.2. The van der Waals surface area contributed by atoms with Crippen LogP contribution in [0.15, 0.2) is 23.2 Å². The van der Waals surface area contributed by atoms with Gasteiger partial charge in [0.2, 0.25) is 10.0 Å². The molecule has 3 N–H and O–H groups in total. The number of nitrogens with two attached hydrogens (primary N) is 1. The van der Waals surface area contributed by atoms with Crippen LogP contribution in [-0.2, 0) is 21.3 Å². The van der Waals surface area contributed by atoms with E-state index in [1.165, 1.54) is 12.3 Å². The molecule has 7 heteroatoms. The molecule has 0 spiro atoms. The number of nitrogens with zero attached hydrogens (tertiary/aromatic N) is 1. The minimum atomic E-state index is -3.63. The van der Waals surface area contributed by atoms with Crippen LogP contribution in [0.3, 0.4) is 0 Å². The van der Waals surface area contributed by atoms with Gasteiger partial charge in [-0.05, 0) is 32.9 Å². The molecular formula is C12H21N3O3S. The number of rotatable bonds is 7. The fourth-order valence-corrected chi connectivity index (χ4v) is 3.01. The van der Waals surface area contributed by atoms with Gasteiger partial charge in [0.15, 0.2) is 0 Å². The fourth-order valence-electron chi connectivity index (χ4n) is 1.61. The molecule has 19 heavy (non-hydrogen) atoms. The Hall–Kier alpha value is -1.02. The number of hydrogen-bond donors (Lipinski definition) is 2. The number of aromatic nitrogens is 1. The molecule has 0 bridgehead atoms. The van der Waals surface area contributed by atoms with Crippen LogP contribution in [0.2, 0.25) is 0 Å². The predicted octanol–water partition coefficient (Wildman–Crippen LogP) is 0.634. The van der Waals surface area contributed by atoms with E-state index in [1.54, 1.807) is 6.07 Å². The number of ether oxygens (including phenoxy) is 1. The summed E-state index contributed by atoms with van der Waals surface area (Å²) in [6.07, 6.45) is 1.52. The standard InChI is InChI=1S/C12H21N3O3S/c1-4-18-12(2,3)9-15-19(16,17)11-6-5-7-14-10(11)8-13/h5-7,15H,4,8-9,13H2,1-3H3. The van der Waals surface area contributed by atoms with E-state index in [0.29, 0.717) is 12.3 Å². The molecule has 0 saturated heterocycles. The lowest BCUT2D eigenvalue weighted by Crippen LogP contribution is -2.40. The van der Waals surface area contributed by atoms with Crippen molar-refractivity contribution in [3.05, 3.63) is 24.0 Å². The molecule has 1 heterocycles. The topological polar surface area (TPSA) is 94.3 Å².